The first kappa shape index (κ1) is 18.0. The maximum absolute atomic E-state index is 12.3. The Kier molecular flexibility index (Phi) is 5.65. The summed E-state index contributed by atoms with van der Waals surface area (Å²) in [5.41, 5.74) is 0.491. The van der Waals surface area contributed by atoms with Gasteiger partial charge in [-0.1, -0.05) is 39.0 Å². The van der Waals surface area contributed by atoms with Crippen molar-refractivity contribution in [2.24, 2.45) is 5.41 Å². The molecule has 2 amide bonds. The van der Waals surface area contributed by atoms with Gasteiger partial charge in [0.15, 0.2) is 0 Å². The summed E-state index contributed by atoms with van der Waals surface area (Å²) in [5.74, 6) is 0.838. The molecule has 1 fully saturated rings. The molecule has 0 aromatic heterocycles. The molecule has 130 valence electrons. The van der Waals surface area contributed by atoms with E-state index in [2.05, 4.69) is 0 Å². The summed E-state index contributed by atoms with van der Waals surface area (Å²) < 4.78 is 5.28. The Balaban J connectivity index is 1.93. The maximum Gasteiger partial charge on any atom is 0.246 e. The number of carbonyl (C=O) groups excluding carboxylic acids is 2. The normalized spacial score (nSPS) is 15.7. The molecule has 2 rings (SSSR count). The van der Waals surface area contributed by atoms with Crippen LogP contribution < -0.4 is 4.74 Å². The number of para-hydroxylation sites is 1. The highest BCUT2D eigenvalue weighted by atomic mass is 16.5. The number of methoxy groups -OCH3 is 1. The predicted molar refractivity (Wildman–Crippen MR) is 94.6 cm³/mol. The largest absolute Gasteiger partial charge is 0.496 e. The average Bonchev–Trinajstić information content (AvgIpc) is 2.58. The van der Waals surface area contributed by atoms with E-state index >= 15 is 0 Å². The van der Waals surface area contributed by atoms with Gasteiger partial charge in [0.1, 0.15) is 5.75 Å². The van der Waals surface area contributed by atoms with E-state index in [-0.39, 0.29) is 17.2 Å². The highest BCUT2D eigenvalue weighted by Gasteiger charge is 2.30. The quantitative estimate of drug-likeness (QED) is 0.800. The van der Waals surface area contributed by atoms with Crippen molar-refractivity contribution in [3.05, 3.63) is 35.9 Å². The van der Waals surface area contributed by atoms with Gasteiger partial charge in [0.25, 0.3) is 0 Å². The molecule has 1 saturated heterocycles. The summed E-state index contributed by atoms with van der Waals surface area (Å²) >= 11 is 0. The van der Waals surface area contributed by atoms with Crippen LogP contribution in [0.5, 0.6) is 5.75 Å². The fourth-order valence-electron chi connectivity index (χ4n) is 2.67. The number of nitrogens with zero attached hydrogens (tertiary/aromatic N) is 2. The van der Waals surface area contributed by atoms with Gasteiger partial charge in [-0.2, -0.15) is 0 Å². The second-order valence-corrected chi connectivity index (χ2v) is 6.94. The van der Waals surface area contributed by atoms with E-state index in [0.29, 0.717) is 26.2 Å². The maximum atomic E-state index is 12.3. The van der Waals surface area contributed by atoms with Crippen LogP contribution in [-0.2, 0) is 9.59 Å². The second kappa shape index (κ2) is 7.51. The van der Waals surface area contributed by atoms with E-state index in [1.807, 2.05) is 49.9 Å². The van der Waals surface area contributed by atoms with Crippen LogP contribution in [0.1, 0.15) is 26.3 Å². The summed E-state index contributed by atoms with van der Waals surface area (Å²) in [6, 6.07) is 7.57. The average molecular weight is 330 g/mol. The van der Waals surface area contributed by atoms with Crippen LogP contribution in [0, 0.1) is 5.41 Å². The van der Waals surface area contributed by atoms with Crippen molar-refractivity contribution in [3.63, 3.8) is 0 Å². The van der Waals surface area contributed by atoms with E-state index in [1.165, 1.54) is 0 Å². The van der Waals surface area contributed by atoms with Gasteiger partial charge in [-0.3, -0.25) is 9.59 Å². The molecule has 0 unspecified atom stereocenters. The number of carbonyl (C=O) groups is 2. The third-order valence-electron chi connectivity index (χ3n) is 4.06. The first-order valence-electron chi connectivity index (χ1n) is 8.22. The number of hydrogen-bond acceptors (Lipinski definition) is 3. The molecule has 0 radical (unpaired) electrons. The van der Waals surface area contributed by atoms with E-state index in [1.54, 1.807) is 24.2 Å². The minimum Gasteiger partial charge on any atom is -0.496 e. The predicted octanol–water partition coefficient (Wildman–Crippen LogP) is 2.43. The first-order chi connectivity index (χ1) is 11.3. The fraction of sp³-hybridized carbons (Fsp3) is 0.474. The second-order valence-electron chi connectivity index (χ2n) is 6.94. The zero-order valence-corrected chi connectivity index (χ0v) is 14.9. The number of piperazine rings is 1. The van der Waals surface area contributed by atoms with E-state index in [0.717, 1.165) is 11.3 Å². The van der Waals surface area contributed by atoms with Gasteiger partial charge < -0.3 is 14.5 Å². The van der Waals surface area contributed by atoms with E-state index in [4.69, 9.17) is 4.74 Å². The topological polar surface area (TPSA) is 49.9 Å². The Hall–Kier alpha value is -2.30. The molecule has 5 heteroatoms. The highest BCUT2D eigenvalue weighted by Crippen LogP contribution is 2.20. The smallest absolute Gasteiger partial charge is 0.246 e. The third kappa shape index (κ3) is 4.37. The molecule has 1 heterocycles. The monoisotopic (exact) mass is 330 g/mol. The minimum atomic E-state index is -0.379. The molecule has 0 bridgehead atoms. The zero-order valence-electron chi connectivity index (χ0n) is 14.9. The lowest BCUT2D eigenvalue weighted by molar-refractivity contribution is -0.143. The summed E-state index contributed by atoms with van der Waals surface area (Å²) in [6.45, 7) is 8.07. The summed E-state index contributed by atoms with van der Waals surface area (Å²) in [6.07, 6.45) is 3.34. The lowest BCUT2D eigenvalue weighted by Crippen LogP contribution is -2.52. The van der Waals surface area contributed by atoms with Crippen LogP contribution in [0.4, 0.5) is 0 Å². The van der Waals surface area contributed by atoms with E-state index in [9.17, 15) is 9.59 Å². The molecule has 1 aromatic carbocycles. The lowest BCUT2D eigenvalue weighted by Gasteiger charge is -2.37. The molecular weight excluding hydrogens is 304 g/mol. The molecule has 0 aliphatic carbocycles. The number of hydrogen-bond donors (Lipinski definition) is 0. The van der Waals surface area contributed by atoms with Gasteiger partial charge in [-0.15, -0.1) is 0 Å². The Morgan fingerprint density at radius 2 is 1.62 bits per heavy atom. The molecule has 0 saturated carbocycles. The van der Waals surface area contributed by atoms with Crippen molar-refractivity contribution in [1.82, 2.24) is 9.80 Å². The highest BCUT2D eigenvalue weighted by molar-refractivity contribution is 5.92. The molecule has 0 atom stereocenters. The van der Waals surface area contributed by atoms with Gasteiger partial charge in [-0.25, -0.2) is 0 Å². The summed E-state index contributed by atoms with van der Waals surface area (Å²) in [7, 11) is 1.61. The number of ether oxygens (including phenoxy) is 1. The Morgan fingerprint density at radius 3 is 2.21 bits per heavy atom. The zero-order chi connectivity index (χ0) is 17.7. The van der Waals surface area contributed by atoms with Crippen molar-refractivity contribution in [3.8, 4) is 5.75 Å². The fourth-order valence-corrected chi connectivity index (χ4v) is 2.67. The van der Waals surface area contributed by atoms with Crippen LogP contribution in [0.3, 0.4) is 0 Å². The van der Waals surface area contributed by atoms with Crippen LogP contribution in [0.2, 0.25) is 0 Å². The Morgan fingerprint density at radius 1 is 1.04 bits per heavy atom. The number of benzene rings is 1. The molecule has 5 nitrogen and oxygen atoms in total. The van der Waals surface area contributed by atoms with Crippen LogP contribution in [0.15, 0.2) is 30.3 Å². The van der Waals surface area contributed by atoms with Crippen molar-refractivity contribution >= 4 is 17.9 Å². The van der Waals surface area contributed by atoms with Crippen LogP contribution in [0.25, 0.3) is 6.08 Å². The lowest BCUT2D eigenvalue weighted by atomic mass is 9.94. The standard InChI is InChI=1S/C19H26N2O3/c1-19(2,3)18(23)21-13-11-20(12-14-21)17(22)10-9-15-7-5-6-8-16(15)24-4/h5-10H,11-14H2,1-4H3/b10-9+. The molecule has 1 aliphatic heterocycles. The minimum absolute atomic E-state index is 0.0382. The Bertz CT molecular complexity index is 624. The number of rotatable bonds is 3. The van der Waals surface area contributed by atoms with E-state index < -0.39 is 0 Å². The molecule has 24 heavy (non-hydrogen) atoms. The molecule has 0 spiro atoms. The van der Waals surface area contributed by atoms with Gasteiger partial charge in [0, 0.05) is 43.2 Å². The number of amides is 2. The van der Waals surface area contributed by atoms with Gasteiger partial charge >= 0.3 is 0 Å². The van der Waals surface area contributed by atoms with Crippen molar-refractivity contribution in [1.29, 1.82) is 0 Å². The SMILES string of the molecule is COc1ccccc1/C=C/C(=O)N1CCN(C(=O)C(C)(C)C)CC1. The summed E-state index contributed by atoms with van der Waals surface area (Å²) in [5, 5.41) is 0. The van der Waals surface area contributed by atoms with Crippen molar-refractivity contribution < 1.29 is 14.3 Å². The summed E-state index contributed by atoms with van der Waals surface area (Å²) in [4.78, 5) is 28.2. The van der Waals surface area contributed by atoms with Gasteiger partial charge in [0.2, 0.25) is 11.8 Å². The third-order valence-corrected chi connectivity index (χ3v) is 4.06. The Labute approximate surface area is 143 Å². The van der Waals surface area contributed by atoms with Crippen LogP contribution in [-0.4, -0.2) is 54.9 Å². The molecule has 1 aromatic rings. The molecular formula is C19H26N2O3. The van der Waals surface area contributed by atoms with Gasteiger partial charge in [-0.05, 0) is 12.1 Å². The first-order valence-corrected chi connectivity index (χ1v) is 8.22. The van der Waals surface area contributed by atoms with Crippen molar-refractivity contribution in [2.75, 3.05) is 33.3 Å². The van der Waals surface area contributed by atoms with Crippen molar-refractivity contribution in [2.45, 2.75) is 20.8 Å². The van der Waals surface area contributed by atoms with Gasteiger partial charge in [0.05, 0.1) is 7.11 Å². The van der Waals surface area contributed by atoms with Crippen LogP contribution >= 0.6 is 0 Å². The molecule has 1 aliphatic rings. The molecule has 0 N–H and O–H groups in total.